The normalized spacial score (nSPS) is 19.1. The molecule has 0 radical (unpaired) electrons. The number of hydrogen-bond acceptors (Lipinski definition) is 4. The number of nitrogens with one attached hydrogen (secondary N) is 1. The molecule has 2 heterocycles. The van der Waals surface area contributed by atoms with Crippen LogP contribution in [0, 0.1) is 0 Å². The highest BCUT2D eigenvalue weighted by Gasteiger charge is 2.40. The number of benzene rings is 1. The number of guanidine groups is 1. The molecular weight excluding hydrogens is 362 g/mol. The Morgan fingerprint density at radius 1 is 1.30 bits per heavy atom. The van der Waals surface area contributed by atoms with Crippen LogP contribution in [0.15, 0.2) is 47.7 Å². The molecule has 27 heavy (non-hydrogen) atoms. The van der Waals surface area contributed by atoms with Crippen LogP contribution in [0.1, 0.15) is 19.4 Å². The van der Waals surface area contributed by atoms with E-state index in [1.165, 1.54) is 5.56 Å². The van der Waals surface area contributed by atoms with Crippen molar-refractivity contribution in [2.45, 2.75) is 25.0 Å². The molecule has 0 amide bonds. The minimum Gasteiger partial charge on any atom is -0.356 e. The Morgan fingerprint density at radius 3 is 2.63 bits per heavy atom. The zero-order valence-electron chi connectivity index (χ0n) is 16.1. The molecule has 8 heteroatoms. The standard InChI is InChI=1S/C19H27N5O2S/c1-19(2)15-23(13-14-27(19,25)26)18(20-3)21-11-9-16-5-7-17(8-6-16)24-12-4-10-22-24/h4-8,10,12H,9,11,13-15H2,1-3H3,(H,20,21). The zero-order valence-corrected chi connectivity index (χ0v) is 16.9. The van der Waals surface area contributed by atoms with Crippen molar-refractivity contribution in [3.05, 3.63) is 48.3 Å². The summed E-state index contributed by atoms with van der Waals surface area (Å²) in [5.74, 6) is 0.918. The summed E-state index contributed by atoms with van der Waals surface area (Å²) in [6.45, 7) is 5.22. The van der Waals surface area contributed by atoms with Gasteiger partial charge < -0.3 is 10.2 Å². The van der Waals surface area contributed by atoms with Gasteiger partial charge in [-0.3, -0.25) is 4.99 Å². The number of sulfone groups is 1. The van der Waals surface area contributed by atoms with E-state index < -0.39 is 14.6 Å². The maximum absolute atomic E-state index is 12.2. The van der Waals surface area contributed by atoms with Crippen LogP contribution in [0.25, 0.3) is 5.69 Å². The Bertz CT molecular complexity index is 887. The average Bonchev–Trinajstić information content (AvgIpc) is 3.16. The molecule has 3 rings (SSSR count). The van der Waals surface area contributed by atoms with Gasteiger partial charge in [0.25, 0.3) is 0 Å². The fourth-order valence-corrected chi connectivity index (χ4v) is 4.58. The molecule has 1 saturated heterocycles. The van der Waals surface area contributed by atoms with Crippen molar-refractivity contribution in [2.24, 2.45) is 4.99 Å². The molecule has 1 aliphatic heterocycles. The monoisotopic (exact) mass is 389 g/mol. The summed E-state index contributed by atoms with van der Waals surface area (Å²) in [5.41, 5.74) is 2.25. The molecule has 2 aromatic rings. The van der Waals surface area contributed by atoms with Crippen LogP contribution >= 0.6 is 0 Å². The summed E-state index contributed by atoms with van der Waals surface area (Å²) in [5, 5.41) is 7.58. The minimum atomic E-state index is -3.05. The number of nitrogens with zero attached hydrogens (tertiary/aromatic N) is 4. The summed E-state index contributed by atoms with van der Waals surface area (Å²) >= 11 is 0. The van der Waals surface area contributed by atoms with Crippen molar-refractivity contribution in [1.29, 1.82) is 0 Å². The lowest BCUT2D eigenvalue weighted by molar-refractivity contribution is 0.353. The van der Waals surface area contributed by atoms with E-state index in [0.29, 0.717) is 13.1 Å². The van der Waals surface area contributed by atoms with Crippen molar-refractivity contribution >= 4 is 15.8 Å². The Morgan fingerprint density at radius 2 is 2.04 bits per heavy atom. The second kappa shape index (κ2) is 7.72. The van der Waals surface area contributed by atoms with E-state index in [4.69, 9.17) is 0 Å². The lowest BCUT2D eigenvalue weighted by Crippen LogP contribution is -2.57. The Kier molecular flexibility index (Phi) is 5.55. The predicted octanol–water partition coefficient (Wildman–Crippen LogP) is 1.50. The highest BCUT2D eigenvalue weighted by molar-refractivity contribution is 7.92. The van der Waals surface area contributed by atoms with Gasteiger partial charge in [-0.05, 0) is 44.0 Å². The summed E-state index contributed by atoms with van der Waals surface area (Å²) in [6, 6.07) is 10.2. The van der Waals surface area contributed by atoms with Crippen molar-refractivity contribution in [3.63, 3.8) is 0 Å². The maximum atomic E-state index is 12.2. The van der Waals surface area contributed by atoms with E-state index in [1.807, 2.05) is 21.8 Å². The fourth-order valence-electron chi connectivity index (χ4n) is 3.21. The molecule has 0 unspecified atom stereocenters. The summed E-state index contributed by atoms with van der Waals surface area (Å²) < 4.78 is 25.4. The Labute approximate surface area is 161 Å². The molecular formula is C19H27N5O2S. The van der Waals surface area contributed by atoms with E-state index in [-0.39, 0.29) is 5.75 Å². The number of hydrogen-bond donors (Lipinski definition) is 1. The van der Waals surface area contributed by atoms with E-state index in [2.05, 4.69) is 39.7 Å². The molecule has 1 aromatic heterocycles. The second-order valence-corrected chi connectivity index (χ2v) is 10.1. The van der Waals surface area contributed by atoms with Gasteiger partial charge in [0.15, 0.2) is 15.8 Å². The third-order valence-electron chi connectivity index (χ3n) is 4.96. The average molecular weight is 390 g/mol. The quantitative estimate of drug-likeness (QED) is 0.633. The van der Waals surface area contributed by atoms with Gasteiger partial charge in [-0.15, -0.1) is 0 Å². The highest BCUT2D eigenvalue weighted by atomic mass is 32.2. The Hall–Kier alpha value is -2.35. The van der Waals surface area contributed by atoms with Gasteiger partial charge in [0.1, 0.15) is 0 Å². The first kappa shape index (κ1) is 19.4. The van der Waals surface area contributed by atoms with Gasteiger partial charge >= 0.3 is 0 Å². The largest absolute Gasteiger partial charge is 0.356 e. The molecule has 0 bridgehead atoms. The fraction of sp³-hybridized carbons (Fsp3) is 0.474. The predicted molar refractivity (Wildman–Crippen MR) is 108 cm³/mol. The Balaban J connectivity index is 1.55. The highest BCUT2D eigenvalue weighted by Crippen LogP contribution is 2.23. The van der Waals surface area contributed by atoms with Crippen LogP contribution in [0.4, 0.5) is 0 Å². The first-order chi connectivity index (χ1) is 12.8. The van der Waals surface area contributed by atoms with E-state index >= 15 is 0 Å². The van der Waals surface area contributed by atoms with Crippen LogP contribution < -0.4 is 5.32 Å². The van der Waals surface area contributed by atoms with Gasteiger partial charge in [0, 0.05) is 39.1 Å². The molecule has 7 nitrogen and oxygen atoms in total. The lowest BCUT2D eigenvalue weighted by Gasteiger charge is -2.39. The van der Waals surface area contributed by atoms with Gasteiger partial charge in [0.05, 0.1) is 16.2 Å². The summed E-state index contributed by atoms with van der Waals surface area (Å²) in [7, 11) is -1.32. The zero-order chi connectivity index (χ0) is 19.5. The molecule has 0 saturated carbocycles. The second-order valence-electron chi connectivity index (χ2n) is 7.34. The van der Waals surface area contributed by atoms with E-state index in [1.54, 1.807) is 27.1 Å². The van der Waals surface area contributed by atoms with Crippen LogP contribution in [0.2, 0.25) is 0 Å². The van der Waals surface area contributed by atoms with E-state index in [9.17, 15) is 8.42 Å². The minimum absolute atomic E-state index is 0.162. The van der Waals surface area contributed by atoms with Crippen LogP contribution in [-0.4, -0.2) is 66.2 Å². The molecule has 1 aromatic carbocycles. The molecule has 0 aliphatic carbocycles. The lowest BCUT2D eigenvalue weighted by atomic mass is 10.1. The maximum Gasteiger partial charge on any atom is 0.193 e. The van der Waals surface area contributed by atoms with Gasteiger partial charge in [-0.1, -0.05) is 12.1 Å². The van der Waals surface area contributed by atoms with Crippen LogP contribution in [-0.2, 0) is 16.3 Å². The first-order valence-electron chi connectivity index (χ1n) is 9.09. The number of aromatic nitrogens is 2. The third kappa shape index (κ3) is 4.32. The van der Waals surface area contributed by atoms with Crippen LogP contribution in [0.5, 0.6) is 0 Å². The van der Waals surface area contributed by atoms with Crippen molar-refractivity contribution in [3.8, 4) is 5.69 Å². The first-order valence-corrected chi connectivity index (χ1v) is 10.7. The van der Waals surface area contributed by atoms with E-state index in [0.717, 1.165) is 24.6 Å². The molecule has 0 atom stereocenters. The van der Waals surface area contributed by atoms with Crippen LogP contribution in [0.3, 0.4) is 0 Å². The smallest absolute Gasteiger partial charge is 0.193 e. The molecule has 1 fully saturated rings. The van der Waals surface area contributed by atoms with Gasteiger partial charge in [0.2, 0.25) is 0 Å². The van der Waals surface area contributed by atoms with Crippen molar-refractivity contribution in [1.82, 2.24) is 20.0 Å². The topological polar surface area (TPSA) is 79.6 Å². The SMILES string of the molecule is CN=C(NCCc1ccc(-n2cccn2)cc1)N1CCS(=O)(=O)C(C)(C)C1. The number of rotatable bonds is 4. The molecule has 1 N–H and O–H groups in total. The molecule has 1 aliphatic rings. The van der Waals surface area contributed by atoms with Gasteiger partial charge in [-0.2, -0.15) is 5.10 Å². The summed E-state index contributed by atoms with van der Waals surface area (Å²) in [4.78, 5) is 6.36. The summed E-state index contributed by atoms with van der Waals surface area (Å²) in [6.07, 6.45) is 4.53. The molecule has 146 valence electrons. The molecule has 0 spiro atoms. The van der Waals surface area contributed by atoms with Gasteiger partial charge in [-0.25, -0.2) is 13.1 Å². The van der Waals surface area contributed by atoms with Crippen molar-refractivity contribution in [2.75, 3.05) is 32.4 Å². The number of aliphatic imine (C=N–C) groups is 1. The third-order valence-corrected chi connectivity index (χ3v) is 7.49. The van der Waals surface area contributed by atoms with Crippen molar-refractivity contribution < 1.29 is 8.42 Å².